The number of rotatable bonds is 3. The summed E-state index contributed by atoms with van der Waals surface area (Å²) in [4.78, 5) is 0. The molecule has 14 heavy (non-hydrogen) atoms. The minimum absolute atomic E-state index is 0.194. The minimum Gasteiger partial charge on any atom is -0.399 e. The minimum atomic E-state index is -0.194. The van der Waals surface area contributed by atoms with Gasteiger partial charge in [-0.2, -0.15) is 0 Å². The molecule has 76 valence electrons. The fourth-order valence-electron chi connectivity index (χ4n) is 1.70. The van der Waals surface area contributed by atoms with Crippen molar-refractivity contribution in [1.29, 1.82) is 0 Å². The van der Waals surface area contributed by atoms with E-state index >= 15 is 0 Å². The zero-order valence-corrected chi connectivity index (χ0v) is 8.09. The summed E-state index contributed by atoms with van der Waals surface area (Å²) in [7, 11) is 0. The number of benzene rings is 1. The zero-order chi connectivity index (χ0) is 9.97. The van der Waals surface area contributed by atoms with Crippen LogP contribution in [0.4, 0.5) is 10.1 Å². The second-order valence-corrected chi connectivity index (χ2v) is 3.91. The van der Waals surface area contributed by atoms with Crippen molar-refractivity contribution in [2.24, 2.45) is 5.92 Å². The molecule has 1 aromatic carbocycles. The van der Waals surface area contributed by atoms with Gasteiger partial charge in [0.25, 0.3) is 0 Å². The molecule has 0 atom stereocenters. The summed E-state index contributed by atoms with van der Waals surface area (Å²) in [5.74, 6) is 0.554. The number of nitrogens with two attached hydrogens (primary N) is 1. The topological polar surface area (TPSA) is 38.0 Å². The maximum absolute atomic E-state index is 12.9. The highest BCUT2D eigenvalue weighted by Crippen LogP contribution is 2.19. The second kappa shape index (κ2) is 3.96. The van der Waals surface area contributed by atoms with Crippen molar-refractivity contribution in [3.8, 4) is 0 Å². The van der Waals surface area contributed by atoms with Crippen LogP contribution in [0.15, 0.2) is 18.2 Å². The van der Waals surface area contributed by atoms with E-state index in [2.05, 4.69) is 5.32 Å². The van der Waals surface area contributed by atoms with Gasteiger partial charge in [-0.25, -0.2) is 4.39 Å². The SMILES string of the molecule is Nc1ccc(F)cc1CCC1CNC1. The van der Waals surface area contributed by atoms with Gasteiger partial charge in [0.1, 0.15) is 5.82 Å². The monoisotopic (exact) mass is 194 g/mol. The van der Waals surface area contributed by atoms with Crippen molar-refractivity contribution in [3.05, 3.63) is 29.6 Å². The van der Waals surface area contributed by atoms with Crippen molar-refractivity contribution in [3.63, 3.8) is 0 Å². The van der Waals surface area contributed by atoms with Crippen LogP contribution in [0.25, 0.3) is 0 Å². The Morgan fingerprint density at radius 1 is 1.43 bits per heavy atom. The summed E-state index contributed by atoms with van der Waals surface area (Å²) in [5, 5.41) is 3.22. The smallest absolute Gasteiger partial charge is 0.123 e. The zero-order valence-electron chi connectivity index (χ0n) is 8.09. The Labute approximate surface area is 83.3 Å². The van der Waals surface area contributed by atoms with Gasteiger partial charge in [0.2, 0.25) is 0 Å². The first-order chi connectivity index (χ1) is 6.75. The molecule has 1 saturated heterocycles. The molecular weight excluding hydrogens is 179 g/mol. The highest BCUT2D eigenvalue weighted by atomic mass is 19.1. The van der Waals surface area contributed by atoms with Gasteiger partial charge in [0, 0.05) is 5.69 Å². The fourth-order valence-corrected chi connectivity index (χ4v) is 1.70. The molecule has 0 unspecified atom stereocenters. The van der Waals surface area contributed by atoms with Crippen LogP contribution in [0, 0.1) is 11.7 Å². The lowest BCUT2D eigenvalue weighted by Crippen LogP contribution is -2.42. The maximum Gasteiger partial charge on any atom is 0.123 e. The average Bonchev–Trinajstić information content (AvgIpc) is 2.08. The highest BCUT2D eigenvalue weighted by molar-refractivity contribution is 5.46. The van der Waals surface area contributed by atoms with Gasteiger partial charge in [-0.3, -0.25) is 0 Å². The molecule has 1 heterocycles. The third kappa shape index (κ3) is 2.04. The summed E-state index contributed by atoms with van der Waals surface area (Å²) < 4.78 is 12.9. The van der Waals surface area contributed by atoms with E-state index in [0.717, 1.165) is 37.4 Å². The molecule has 0 bridgehead atoms. The molecule has 0 radical (unpaired) electrons. The van der Waals surface area contributed by atoms with E-state index in [1.807, 2.05) is 0 Å². The quantitative estimate of drug-likeness (QED) is 0.717. The molecule has 3 N–H and O–H groups in total. The van der Waals surface area contributed by atoms with E-state index in [1.165, 1.54) is 6.07 Å². The molecule has 1 fully saturated rings. The van der Waals surface area contributed by atoms with Gasteiger partial charge in [-0.05, 0) is 55.6 Å². The third-order valence-corrected chi connectivity index (χ3v) is 2.79. The Balaban J connectivity index is 1.96. The number of nitrogen functional groups attached to an aromatic ring is 1. The molecule has 0 saturated carbocycles. The van der Waals surface area contributed by atoms with Crippen LogP contribution in [-0.4, -0.2) is 13.1 Å². The molecule has 0 aromatic heterocycles. The first-order valence-corrected chi connectivity index (χ1v) is 5.00. The van der Waals surface area contributed by atoms with Crippen molar-refractivity contribution in [2.75, 3.05) is 18.8 Å². The van der Waals surface area contributed by atoms with Gasteiger partial charge in [-0.1, -0.05) is 0 Å². The van der Waals surface area contributed by atoms with Gasteiger partial charge in [-0.15, -0.1) is 0 Å². The largest absolute Gasteiger partial charge is 0.399 e. The predicted molar refractivity (Wildman–Crippen MR) is 55.5 cm³/mol. The van der Waals surface area contributed by atoms with E-state index in [1.54, 1.807) is 12.1 Å². The van der Waals surface area contributed by atoms with Crippen LogP contribution < -0.4 is 11.1 Å². The Bertz CT molecular complexity index is 321. The van der Waals surface area contributed by atoms with E-state index in [9.17, 15) is 4.39 Å². The molecule has 0 amide bonds. The molecule has 2 rings (SSSR count). The van der Waals surface area contributed by atoms with Crippen LogP contribution in [-0.2, 0) is 6.42 Å². The average molecular weight is 194 g/mol. The van der Waals surface area contributed by atoms with Crippen LogP contribution >= 0.6 is 0 Å². The summed E-state index contributed by atoms with van der Waals surface area (Å²) in [6.07, 6.45) is 1.98. The van der Waals surface area contributed by atoms with E-state index in [4.69, 9.17) is 5.73 Å². The highest BCUT2D eigenvalue weighted by Gasteiger charge is 2.16. The Morgan fingerprint density at radius 3 is 2.86 bits per heavy atom. The Kier molecular flexibility index (Phi) is 2.68. The molecule has 2 nitrogen and oxygen atoms in total. The van der Waals surface area contributed by atoms with E-state index in [0.29, 0.717) is 5.69 Å². The summed E-state index contributed by atoms with van der Waals surface area (Å²) in [6, 6.07) is 4.59. The first-order valence-electron chi connectivity index (χ1n) is 5.00. The van der Waals surface area contributed by atoms with Gasteiger partial charge in [0.05, 0.1) is 0 Å². The number of anilines is 1. The van der Waals surface area contributed by atoms with Crippen molar-refractivity contribution in [1.82, 2.24) is 5.32 Å². The van der Waals surface area contributed by atoms with Crippen molar-refractivity contribution >= 4 is 5.69 Å². The lowest BCUT2D eigenvalue weighted by Gasteiger charge is -2.27. The fraction of sp³-hybridized carbons (Fsp3) is 0.455. The second-order valence-electron chi connectivity index (χ2n) is 3.91. The van der Waals surface area contributed by atoms with E-state index in [-0.39, 0.29) is 5.82 Å². The summed E-state index contributed by atoms with van der Waals surface area (Å²) in [6.45, 7) is 2.18. The van der Waals surface area contributed by atoms with E-state index < -0.39 is 0 Å². The molecular formula is C11H15FN2. The molecule has 1 aliphatic heterocycles. The van der Waals surface area contributed by atoms with Gasteiger partial charge >= 0.3 is 0 Å². The molecule has 1 aliphatic rings. The van der Waals surface area contributed by atoms with Crippen molar-refractivity contribution in [2.45, 2.75) is 12.8 Å². The lowest BCUT2D eigenvalue weighted by molar-refractivity contribution is 0.328. The standard InChI is InChI=1S/C11H15FN2/c12-10-3-4-11(13)9(5-10)2-1-8-6-14-7-8/h3-5,8,14H,1-2,6-7,13H2. The van der Waals surface area contributed by atoms with Gasteiger partial charge in [0.15, 0.2) is 0 Å². The summed E-state index contributed by atoms with van der Waals surface area (Å²) >= 11 is 0. The summed E-state index contributed by atoms with van der Waals surface area (Å²) in [5.41, 5.74) is 7.40. The molecule has 0 spiro atoms. The maximum atomic E-state index is 12.9. The van der Waals surface area contributed by atoms with Crippen LogP contribution in [0.3, 0.4) is 0 Å². The number of halogens is 1. The predicted octanol–water partition coefficient (Wildman–Crippen LogP) is 1.56. The Morgan fingerprint density at radius 2 is 2.21 bits per heavy atom. The lowest BCUT2D eigenvalue weighted by atomic mass is 9.94. The van der Waals surface area contributed by atoms with Gasteiger partial charge < -0.3 is 11.1 Å². The third-order valence-electron chi connectivity index (χ3n) is 2.79. The normalized spacial score (nSPS) is 16.6. The number of hydrogen-bond acceptors (Lipinski definition) is 2. The number of hydrogen-bond donors (Lipinski definition) is 2. The molecule has 3 heteroatoms. The first kappa shape index (κ1) is 9.46. The molecule has 0 aliphatic carbocycles. The number of nitrogens with one attached hydrogen (secondary N) is 1. The van der Waals surface area contributed by atoms with Crippen LogP contribution in [0.1, 0.15) is 12.0 Å². The van der Waals surface area contributed by atoms with Crippen molar-refractivity contribution < 1.29 is 4.39 Å². The molecule has 1 aromatic rings. The number of aryl methyl sites for hydroxylation is 1. The van der Waals surface area contributed by atoms with Crippen LogP contribution in [0.2, 0.25) is 0 Å². The van der Waals surface area contributed by atoms with Crippen LogP contribution in [0.5, 0.6) is 0 Å². The Hall–Kier alpha value is -1.09.